The van der Waals surface area contributed by atoms with Gasteiger partial charge in [-0.2, -0.15) is 0 Å². The maximum absolute atomic E-state index is 11.7. The number of amides is 2. The highest BCUT2D eigenvalue weighted by Gasteiger charge is 2.05. The Morgan fingerprint density at radius 2 is 1.65 bits per heavy atom. The van der Waals surface area contributed by atoms with Crippen LogP contribution in [-0.2, 0) is 6.54 Å². The summed E-state index contributed by atoms with van der Waals surface area (Å²) in [5.74, 6) is 0.905. The van der Waals surface area contributed by atoms with E-state index in [-0.39, 0.29) is 6.03 Å². The molecule has 4 nitrogen and oxygen atoms in total. The lowest BCUT2D eigenvalue weighted by Gasteiger charge is -2.13. The third-order valence-corrected chi connectivity index (χ3v) is 3.53. The standard InChI is InChI=1S/C19H24N2O2/c1-14-11-15(2)18(16(3)12-14)23-10-9-20-19(22)21-13-17-7-5-4-6-8-17/h4-8,11-12H,9-10,13H2,1-3H3,(H2,20,21,22). The van der Waals surface area contributed by atoms with Crippen molar-refractivity contribution in [3.63, 3.8) is 0 Å². The summed E-state index contributed by atoms with van der Waals surface area (Å²) in [6.07, 6.45) is 0. The van der Waals surface area contributed by atoms with Gasteiger partial charge in [-0.25, -0.2) is 4.79 Å². The molecule has 0 unspecified atom stereocenters. The number of benzene rings is 2. The number of aryl methyl sites for hydroxylation is 3. The summed E-state index contributed by atoms with van der Waals surface area (Å²) in [6.45, 7) is 7.58. The van der Waals surface area contributed by atoms with Crippen LogP contribution in [0.2, 0.25) is 0 Å². The minimum absolute atomic E-state index is 0.185. The Morgan fingerprint density at radius 1 is 1.00 bits per heavy atom. The molecule has 0 heterocycles. The van der Waals surface area contributed by atoms with Crippen LogP contribution in [0.3, 0.4) is 0 Å². The molecule has 4 heteroatoms. The number of hydrogen-bond donors (Lipinski definition) is 2. The quantitative estimate of drug-likeness (QED) is 0.802. The monoisotopic (exact) mass is 312 g/mol. The van der Waals surface area contributed by atoms with Crippen molar-refractivity contribution < 1.29 is 9.53 Å². The molecule has 0 radical (unpaired) electrons. The van der Waals surface area contributed by atoms with Gasteiger partial charge in [0.25, 0.3) is 0 Å². The number of ether oxygens (including phenoxy) is 1. The van der Waals surface area contributed by atoms with E-state index in [2.05, 4.69) is 29.7 Å². The first-order valence-electron chi connectivity index (χ1n) is 7.82. The number of rotatable bonds is 6. The van der Waals surface area contributed by atoms with Crippen molar-refractivity contribution in [2.75, 3.05) is 13.2 Å². The van der Waals surface area contributed by atoms with E-state index in [1.165, 1.54) is 5.56 Å². The molecule has 0 saturated carbocycles. The van der Waals surface area contributed by atoms with Gasteiger partial charge in [-0.1, -0.05) is 48.0 Å². The van der Waals surface area contributed by atoms with Crippen LogP contribution >= 0.6 is 0 Å². The van der Waals surface area contributed by atoms with Gasteiger partial charge in [0.1, 0.15) is 12.4 Å². The fourth-order valence-corrected chi connectivity index (χ4v) is 2.55. The van der Waals surface area contributed by atoms with E-state index in [9.17, 15) is 4.79 Å². The molecule has 122 valence electrons. The topological polar surface area (TPSA) is 50.4 Å². The number of carbonyl (C=O) groups excluding carboxylic acids is 1. The molecule has 0 aliphatic heterocycles. The molecule has 0 aliphatic carbocycles. The molecule has 2 aromatic rings. The van der Waals surface area contributed by atoms with Crippen LogP contribution in [0.4, 0.5) is 4.79 Å². The van der Waals surface area contributed by atoms with Crippen molar-refractivity contribution in [1.29, 1.82) is 0 Å². The second-order valence-corrected chi connectivity index (χ2v) is 5.67. The van der Waals surface area contributed by atoms with E-state index in [0.717, 1.165) is 22.4 Å². The highest BCUT2D eigenvalue weighted by atomic mass is 16.5. The van der Waals surface area contributed by atoms with E-state index in [1.54, 1.807) is 0 Å². The maximum Gasteiger partial charge on any atom is 0.315 e. The Balaban J connectivity index is 1.70. The first kappa shape index (κ1) is 16.9. The smallest absolute Gasteiger partial charge is 0.315 e. The highest BCUT2D eigenvalue weighted by molar-refractivity contribution is 5.73. The van der Waals surface area contributed by atoms with Crippen LogP contribution in [0.1, 0.15) is 22.3 Å². The summed E-state index contributed by atoms with van der Waals surface area (Å²) in [6, 6.07) is 13.8. The van der Waals surface area contributed by atoms with Crippen molar-refractivity contribution in [3.8, 4) is 5.75 Å². The van der Waals surface area contributed by atoms with Gasteiger partial charge in [0, 0.05) is 6.54 Å². The molecule has 0 atom stereocenters. The SMILES string of the molecule is Cc1cc(C)c(OCCNC(=O)NCc2ccccc2)c(C)c1. The summed E-state index contributed by atoms with van der Waals surface area (Å²) in [5.41, 5.74) is 4.54. The fraction of sp³-hybridized carbons (Fsp3) is 0.316. The Bertz CT molecular complexity index is 631. The second kappa shape index (κ2) is 8.22. The van der Waals surface area contributed by atoms with Gasteiger partial charge in [0.15, 0.2) is 0 Å². The minimum atomic E-state index is -0.185. The molecule has 0 fully saturated rings. The van der Waals surface area contributed by atoms with Gasteiger partial charge in [-0.05, 0) is 37.5 Å². The van der Waals surface area contributed by atoms with Gasteiger partial charge in [0.05, 0.1) is 6.54 Å². The molecule has 2 rings (SSSR count). The third kappa shape index (κ3) is 5.33. The van der Waals surface area contributed by atoms with E-state index < -0.39 is 0 Å². The van der Waals surface area contributed by atoms with Crippen LogP contribution in [0, 0.1) is 20.8 Å². The van der Waals surface area contributed by atoms with E-state index in [4.69, 9.17) is 4.74 Å². The van der Waals surface area contributed by atoms with Crippen LogP contribution in [0.5, 0.6) is 5.75 Å². The van der Waals surface area contributed by atoms with Crippen LogP contribution < -0.4 is 15.4 Å². The summed E-state index contributed by atoms with van der Waals surface area (Å²) in [7, 11) is 0. The van der Waals surface area contributed by atoms with Crippen LogP contribution in [0.25, 0.3) is 0 Å². The Morgan fingerprint density at radius 3 is 2.30 bits per heavy atom. The lowest BCUT2D eigenvalue weighted by Crippen LogP contribution is -2.37. The Hall–Kier alpha value is -2.49. The zero-order valence-electron chi connectivity index (χ0n) is 14.0. The largest absolute Gasteiger partial charge is 0.491 e. The first-order chi connectivity index (χ1) is 11.1. The number of carbonyl (C=O) groups is 1. The van der Waals surface area contributed by atoms with Crippen molar-refractivity contribution in [2.24, 2.45) is 0 Å². The number of nitrogens with one attached hydrogen (secondary N) is 2. The Kier molecular flexibility index (Phi) is 6.03. The highest BCUT2D eigenvalue weighted by Crippen LogP contribution is 2.24. The van der Waals surface area contributed by atoms with Crippen molar-refractivity contribution in [1.82, 2.24) is 10.6 Å². The van der Waals surface area contributed by atoms with Gasteiger partial charge < -0.3 is 15.4 Å². The normalized spacial score (nSPS) is 10.2. The molecule has 23 heavy (non-hydrogen) atoms. The van der Waals surface area contributed by atoms with Gasteiger partial charge in [-0.3, -0.25) is 0 Å². The van der Waals surface area contributed by atoms with Crippen molar-refractivity contribution >= 4 is 6.03 Å². The van der Waals surface area contributed by atoms with Gasteiger partial charge in [0.2, 0.25) is 0 Å². The lowest BCUT2D eigenvalue weighted by atomic mass is 10.1. The predicted octanol–water partition coefficient (Wildman–Crippen LogP) is 3.49. The molecule has 0 aliphatic rings. The van der Waals surface area contributed by atoms with E-state index in [0.29, 0.717) is 19.7 Å². The molecule has 2 aromatic carbocycles. The van der Waals surface area contributed by atoms with E-state index >= 15 is 0 Å². The summed E-state index contributed by atoms with van der Waals surface area (Å²) >= 11 is 0. The third-order valence-electron chi connectivity index (χ3n) is 3.53. The average Bonchev–Trinajstić information content (AvgIpc) is 2.52. The molecule has 0 saturated heterocycles. The summed E-state index contributed by atoms with van der Waals surface area (Å²) in [4.78, 5) is 11.7. The van der Waals surface area contributed by atoms with Crippen LogP contribution in [-0.4, -0.2) is 19.2 Å². The van der Waals surface area contributed by atoms with Crippen molar-refractivity contribution in [3.05, 3.63) is 64.7 Å². The molecule has 0 aromatic heterocycles. The lowest BCUT2D eigenvalue weighted by molar-refractivity contribution is 0.236. The number of hydrogen-bond acceptors (Lipinski definition) is 2. The Labute approximate surface area is 137 Å². The van der Waals surface area contributed by atoms with Crippen LogP contribution in [0.15, 0.2) is 42.5 Å². The summed E-state index contributed by atoms with van der Waals surface area (Å²) < 4.78 is 5.79. The molecule has 2 amide bonds. The van der Waals surface area contributed by atoms with Gasteiger partial charge in [-0.15, -0.1) is 0 Å². The molecule has 0 bridgehead atoms. The zero-order valence-corrected chi connectivity index (χ0v) is 14.0. The maximum atomic E-state index is 11.7. The average molecular weight is 312 g/mol. The minimum Gasteiger partial charge on any atom is -0.491 e. The fourth-order valence-electron chi connectivity index (χ4n) is 2.55. The first-order valence-corrected chi connectivity index (χ1v) is 7.82. The van der Waals surface area contributed by atoms with Gasteiger partial charge >= 0.3 is 6.03 Å². The molecule has 2 N–H and O–H groups in total. The summed E-state index contributed by atoms with van der Waals surface area (Å²) in [5, 5.41) is 5.62. The van der Waals surface area contributed by atoms with Crippen molar-refractivity contribution in [2.45, 2.75) is 27.3 Å². The molecule has 0 spiro atoms. The van der Waals surface area contributed by atoms with E-state index in [1.807, 2.05) is 44.2 Å². The second-order valence-electron chi connectivity index (χ2n) is 5.67. The molecular weight excluding hydrogens is 288 g/mol. The zero-order chi connectivity index (χ0) is 16.7. The number of urea groups is 1. The molecular formula is C19H24N2O2. The predicted molar refractivity (Wildman–Crippen MR) is 92.8 cm³/mol.